The Morgan fingerprint density at radius 2 is 2.00 bits per heavy atom. The molecule has 0 spiro atoms. The van der Waals surface area contributed by atoms with Crippen LogP contribution in [0.5, 0.6) is 0 Å². The van der Waals surface area contributed by atoms with Gasteiger partial charge in [-0.2, -0.15) is 0 Å². The van der Waals surface area contributed by atoms with Crippen LogP contribution >= 0.6 is 0 Å². The first kappa shape index (κ1) is 12.7. The lowest BCUT2D eigenvalue weighted by molar-refractivity contribution is -0.117. The van der Waals surface area contributed by atoms with E-state index in [1.54, 1.807) is 24.3 Å². The molecule has 0 unspecified atom stereocenters. The van der Waals surface area contributed by atoms with Gasteiger partial charge in [-0.1, -0.05) is 12.1 Å². The van der Waals surface area contributed by atoms with E-state index < -0.39 is 11.9 Å². The molecule has 1 rings (SSSR count). The Morgan fingerprint density at radius 1 is 1.29 bits per heavy atom. The molecule has 0 atom stereocenters. The van der Waals surface area contributed by atoms with Crippen LogP contribution in [-0.4, -0.2) is 24.3 Å². The number of amides is 3. The average molecular weight is 235 g/mol. The van der Waals surface area contributed by atoms with Crippen molar-refractivity contribution in [1.29, 1.82) is 0 Å². The number of carbonyl (C=O) groups excluding carboxylic acids is 3. The molecule has 1 aromatic rings. The van der Waals surface area contributed by atoms with Crippen molar-refractivity contribution in [1.82, 2.24) is 5.32 Å². The van der Waals surface area contributed by atoms with Crippen molar-refractivity contribution < 1.29 is 14.4 Å². The lowest BCUT2D eigenvalue weighted by Gasteiger charge is -2.06. The third kappa shape index (κ3) is 4.33. The largest absolute Gasteiger partial charge is 0.368 e. The van der Waals surface area contributed by atoms with Gasteiger partial charge in [0.15, 0.2) is 5.78 Å². The second kappa shape index (κ2) is 5.64. The number of primary amides is 1. The van der Waals surface area contributed by atoms with Crippen LogP contribution in [0.25, 0.3) is 0 Å². The van der Waals surface area contributed by atoms with Crippen molar-refractivity contribution in [3.05, 3.63) is 29.8 Å². The quantitative estimate of drug-likeness (QED) is 0.662. The van der Waals surface area contributed by atoms with Crippen LogP contribution < -0.4 is 16.4 Å². The predicted octanol–water partition coefficient (Wildman–Crippen LogP) is 0.496. The molecule has 0 saturated heterocycles. The topological polar surface area (TPSA) is 101 Å². The number of carbonyl (C=O) groups is 3. The highest BCUT2D eigenvalue weighted by atomic mass is 16.2. The molecule has 3 amide bonds. The minimum Gasteiger partial charge on any atom is -0.368 e. The maximum atomic E-state index is 11.3. The number of rotatable bonds is 4. The van der Waals surface area contributed by atoms with E-state index in [4.69, 9.17) is 5.73 Å². The van der Waals surface area contributed by atoms with Gasteiger partial charge in [-0.15, -0.1) is 0 Å². The molecule has 1 aromatic carbocycles. The second-order valence-corrected chi connectivity index (χ2v) is 3.41. The SMILES string of the molecule is CC(=O)c1cccc(NC(=O)NCC(N)=O)c1. The van der Waals surface area contributed by atoms with E-state index in [1.807, 2.05) is 0 Å². The molecule has 0 radical (unpaired) electrons. The smallest absolute Gasteiger partial charge is 0.319 e. The van der Waals surface area contributed by atoms with E-state index in [1.165, 1.54) is 6.92 Å². The van der Waals surface area contributed by atoms with Gasteiger partial charge < -0.3 is 16.4 Å². The van der Waals surface area contributed by atoms with E-state index in [9.17, 15) is 14.4 Å². The number of nitrogens with one attached hydrogen (secondary N) is 2. The molecule has 0 bridgehead atoms. The highest BCUT2D eigenvalue weighted by molar-refractivity contribution is 5.97. The summed E-state index contributed by atoms with van der Waals surface area (Å²) in [5, 5.41) is 4.75. The van der Waals surface area contributed by atoms with Crippen molar-refractivity contribution >= 4 is 23.4 Å². The van der Waals surface area contributed by atoms with E-state index in [2.05, 4.69) is 10.6 Å². The van der Waals surface area contributed by atoms with Gasteiger partial charge in [-0.3, -0.25) is 9.59 Å². The summed E-state index contributed by atoms with van der Waals surface area (Å²) in [6.45, 7) is 1.20. The summed E-state index contributed by atoms with van der Waals surface area (Å²) in [5.41, 5.74) is 5.84. The van der Waals surface area contributed by atoms with Crippen LogP contribution in [0.1, 0.15) is 17.3 Å². The van der Waals surface area contributed by atoms with Crippen LogP contribution in [0.3, 0.4) is 0 Å². The lowest BCUT2D eigenvalue weighted by atomic mass is 10.1. The Kier molecular flexibility index (Phi) is 4.21. The summed E-state index contributed by atoms with van der Waals surface area (Å²) in [4.78, 5) is 32.8. The molecule has 0 saturated carbocycles. The number of hydrogen-bond acceptors (Lipinski definition) is 3. The summed E-state index contributed by atoms with van der Waals surface area (Å²) in [6, 6.07) is 5.93. The maximum absolute atomic E-state index is 11.3. The first-order valence-corrected chi connectivity index (χ1v) is 4.93. The standard InChI is InChI=1S/C11H13N3O3/c1-7(15)8-3-2-4-9(5-8)14-11(17)13-6-10(12)16/h2-5H,6H2,1H3,(H2,12,16)(H2,13,14,17). The Morgan fingerprint density at radius 3 is 2.59 bits per heavy atom. The van der Waals surface area contributed by atoms with E-state index in [-0.39, 0.29) is 12.3 Å². The molecule has 0 aliphatic rings. The third-order valence-corrected chi connectivity index (χ3v) is 1.95. The highest BCUT2D eigenvalue weighted by Crippen LogP contribution is 2.10. The molecule has 6 heteroatoms. The number of benzene rings is 1. The van der Waals surface area contributed by atoms with Crippen molar-refractivity contribution in [2.24, 2.45) is 5.73 Å². The lowest BCUT2D eigenvalue weighted by Crippen LogP contribution is -2.36. The van der Waals surface area contributed by atoms with Crippen LogP contribution in [-0.2, 0) is 4.79 Å². The average Bonchev–Trinajstić information content (AvgIpc) is 2.26. The molecule has 90 valence electrons. The van der Waals surface area contributed by atoms with Crippen molar-refractivity contribution in [3.63, 3.8) is 0 Å². The van der Waals surface area contributed by atoms with Gasteiger partial charge in [0.05, 0.1) is 6.54 Å². The number of ketones is 1. The number of urea groups is 1. The predicted molar refractivity (Wildman–Crippen MR) is 62.7 cm³/mol. The number of hydrogen-bond donors (Lipinski definition) is 3. The van der Waals surface area contributed by atoms with E-state index in [0.29, 0.717) is 11.3 Å². The zero-order chi connectivity index (χ0) is 12.8. The van der Waals surface area contributed by atoms with Gasteiger partial charge in [-0.25, -0.2) is 4.79 Å². The molecule has 0 aliphatic heterocycles. The van der Waals surface area contributed by atoms with Gasteiger partial charge in [0.2, 0.25) is 5.91 Å². The molecule has 0 aliphatic carbocycles. The van der Waals surface area contributed by atoms with Gasteiger partial charge in [0.25, 0.3) is 0 Å². The Bertz CT molecular complexity index is 457. The van der Waals surface area contributed by atoms with Gasteiger partial charge in [0, 0.05) is 11.3 Å². The van der Waals surface area contributed by atoms with E-state index in [0.717, 1.165) is 0 Å². The van der Waals surface area contributed by atoms with Crippen molar-refractivity contribution in [2.75, 3.05) is 11.9 Å². The summed E-state index contributed by atoms with van der Waals surface area (Å²) in [7, 11) is 0. The number of Topliss-reactive ketones (excluding diaryl/α,β-unsaturated/α-hetero) is 1. The van der Waals surface area contributed by atoms with Crippen molar-refractivity contribution in [3.8, 4) is 0 Å². The van der Waals surface area contributed by atoms with E-state index >= 15 is 0 Å². The molecule has 0 aromatic heterocycles. The Labute approximate surface area is 98.2 Å². The van der Waals surface area contributed by atoms with Gasteiger partial charge in [-0.05, 0) is 19.1 Å². The highest BCUT2D eigenvalue weighted by Gasteiger charge is 2.04. The third-order valence-electron chi connectivity index (χ3n) is 1.95. The Hall–Kier alpha value is -2.37. The summed E-state index contributed by atoms with van der Waals surface area (Å²) in [5.74, 6) is -0.719. The number of nitrogens with two attached hydrogens (primary N) is 1. The fourth-order valence-electron chi connectivity index (χ4n) is 1.16. The summed E-state index contributed by atoms with van der Waals surface area (Å²) in [6.07, 6.45) is 0. The first-order chi connectivity index (χ1) is 7.99. The minimum absolute atomic E-state index is 0.0915. The molecule has 0 heterocycles. The minimum atomic E-state index is -0.627. The maximum Gasteiger partial charge on any atom is 0.319 e. The number of anilines is 1. The van der Waals surface area contributed by atoms with Crippen LogP contribution in [0.2, 0.25) is 0 Å². The van der Waals surface area contributed by atoms with Crippen LogP contribution in [0.4, 0.5) is 10.5 Å². The molecule has 6 nitrogen and oxygen atoms in total. The zero-order valence-electron chi connectivity index (χ0n) is 9.32. The van der Waals surface area contributed by atoms with Crippen LogP contribution in [0.15, 0.2) is 24.3 Å². The molecular formula is C11H13N3O3. The molecule has 4 N–H and O–H groups in total. The summed E-state index contributed by atoms with van der Waals surface area (Å²) >= 11 is 0. The first-order valence-electron chi connectivity index (χ1n) is 4.93. The zero-order valence-corrected chi connectivity index (χ0v) is 9.32. The monoisotopic (exact) mass is 235 g/mol. The van der Waals surface area contributed by atoms with Gasteiger partial charge in [0.1, 0.15) is 0 Å². The van der Waals surface area contributed by atoms with Crippen LogP contribution in [0, 0.1) is 0 Å². The fourth-order valence-corrected chi connectivity index (χ4v) is 1.16. The second-order valence-electron chi connectivity index (χ2n) is 3.41. The molecule has 17 heavy (non-hydrogen) atoms. The summed E-state index contributed by atoms with van der Waals surface area (Å²) < 4.78 is 0. The molecular weight excluding hydrogens is 222 g/mol. The fraction of sp³-hybridized carbons (Fsp3) is 0.182. The molecule has 0 fully saturated rings. The van der Waals surface area contributed by atoms with Gasteiger partial charge >= 0.3 is 6.03 Å². The van der Waals surface area contributed by atoms with Crippen molar-refractivity contribution in [2.45, 2.75) is 6.92 Å². The Balaban J connectivity index is 2.62. The normalized spacial score (nSPS) is 9.47.